The highest BCUT2D eigenvalue weighted by atomic mass is 16.4. The summed E-state index contributed by atoms with van der Waals surface area (Å²) in [5.74, 6) is -0.827. The Morgan fingerprint density at radius 1 is 1.50 bits per heavy atom. The van der Waals surface area contributed by atoms with Crippen molar-refractivity contribution in [2.75, 3.05) is 13.6 Å². The number of carboxylic acid groups (broad SMARTS) is 1. The SMILES string of the molecule is C=CCN(C)C(C)(Cc1c[nH]c2ccccc12)C(=O)O. The third kappa shape index (κ3) is 2.47. The second kappa shape index (κ2) is 5.51. The Morgan fingerprint density at radius 3 is 2.85 bits per heavy atom. The summed E-state index contributed by atoms with van der Waals surface area (Å²) in [5, 5.41) is 10.7. The average Bonchev–Trinajstić information content (AvgIpc) is 2.82. The van der Waals surface area contributed by atoms with Crippen molar-refractivity contribution >= 4 is 16.9 Å². The van der Waals surface area contributed by atoms with E-state index >= 15 is 0 Å². The zero-order valence-electron chi connectivity index (χ0n) is 11.9. The minimum Gasteiger partial charge on any atom is -0.480 e. The van der Waals surface area contributed by atoms with Gasteiger partial charge in [-0.25, -0.2) is 0 Å². The molecule has 106 valence electrons. The van der Waals surface area contributed by atoms with E-state index in [0.29, 0.717) is 13.0 Å². The fourth-order valence-electron chi connectivity index (χ4n) is 2.42. The first-order valence-electron chi connectivity index (χ1n) is 6.59. The fourth-order valence-corrected chi connectivity index (χ4v) is 2.42. The second-order valence-corrected chi connectivity index (χ2v) is 5.28. The lowest BCUT2D eigenvalue weighted by molar-refractivity contribution is -0.149. The number of benzene rings is 1. The topological polar surface area (TPSA) is 56.3 Å². The summed E-state index contributed by atoms with van der Waals surface area (Å²) in [5.41, 5.74) is 1.09. The van der Waals surface area contributed by atoms with E-state index in [1.165, 1.54) is 0 Å². The Bertz CT molecular complexity index is 632. The summed E-state index contributed by atoms with van der Waals surface area (Å²) >= 11 is 0. The molecule has 0 bridgehead atoms. The number of aromatic nitrogens is 1. The summed E-state index contributed by atoms with van der Waals surface area (Å²) in [6, 6.07) is 7.93. The van der Waals surface area contributed by atoms with Gasteiger partial charge in [-0.15, -0.1) is 6.58 Å². The zero-order chi connectivity index (χ0) is 14.8. The molecule has 2 N–H and O–H groups in total. The highest BCUT2D eigenvalue weighted by Crippen LogP contribution is 2.25. The second-order valence-electron chi connectivity index (χ2n) is 5.28. The highest BCUT2D eigenvalue weighted by Gasteiger charge is 2.37. The molecule has 0 amide bonds. The third-order valence-corrected chi connectivity index (χ3v) is 3.92. The Kier molecular flexibility index (Phi) is 3.95. The van der Waals surface area contributed by atoms with E-state index in [-0.39, 0.29) is 0 Å². The van der Waals surface area contributed by atoms with Gasteiger partial charge in [-0.3, -0.25) is 9.69 Å². The molecule has 0 aliphatic rings. The summed E-state index contributed by atoms with van der Waals surface area (Å²) < 4.78 is 0. The lowest BCUT2D eigenvalue weighted by Gasteiger charge is -2.34. The number of carboxylic acids is 1. The molecule has 0 spiro atoms. The van der Waals surface area contributed by atoms with Gasteiger partial charge < -0.3 is 10.1 Å². The number of H-pyrrole nitrogens is 1. The normalized spacial score (nSPS) is 14.3. The number of likely N-dealkylation sites (N-methyl/N-ethyl adjacent to an activating group) is 1. The minimum atomic E-state index is -0.959. The number of hydrogen-bond donors (Lipinski definition) is 2. The molecular weight excluding hydrogens is 252 g/mol. The molecule has 0 saturated carbocycles. The number of para-hydroxylation sites is 1. The molecule has 0 saturated heterocycles. The molecule has 1 aromatic heterocycles. The van der Waals surface area contributed by atoms with Crippen molar-refractivity contribution in [1.82, 2.24) is 9.88 Å². The summed E-state index contributed by atoms with van der Waals surface area (Å²) in [7, 11) is 1.81. The highest BCUT2D eigenvalue weighted by molar-refractivity contribution is 5.85. The molecule has 20 heavy (non-hydrogen) atoms. The van der Waals surface area contributed by atoms with Gasteiger partial charge in [0.1, 0.15) is 5.54 Å². The van der Waals surface area contributed by atoms with Gasteiger partial charge in [0.15, 0.2) is 0 Å². The Morgan fingerprint density at radius 2 is 2.20 bits per heavy atom. The average molecular weight is 272 g/mol. The van der Waals surface area contributed by atoms with Gasteiger partial charge in [-0.05, 0) is 25.6 Å². The maximum Gasteiger partial charge on any atom is 0.324 e. The monoisotopic (exact) mass is 272 g/mol. The number of hydrogen-bond acceptors (Lipinski definition) is 2. The lowest BCUT2D eigenvalue weighted by Crippen LogP contribution is -2.52. The molecule has 1 aromatic carbocycles. The van der Waals surface area contributed by atoms with Crippen molar-refractivity contribution in [2.45, 2.75) is 18.9 Å². The van der Waals surface area contributed by atoms with Crippen molar-refractivity contribution < 1.29 is 9.90 Å². The number of fused-ring (bicyclic) bond motifs is 1. The van der Waals surface area contributed by atoms with E-state index in [1.54, 1.807) is 13.0 Å². The number of aliphatic carboxylic acids is 1. The molecule has 0 radical (unpaired) electrons. The first-order chi connectivity index (χ1) is 9.49. The molecule has 2 aromatic rings. The quantitative estimate of drug-likeness (QED) is 0.795. The van der Waals surface area contributed by atoms with Gasteiger partial charge in [0.25, 0.3) is 0 Å². The number of nitrogens with zero attached hydrogens (tertiary/aromatic N) is 1. The van der Waals surface area contributed by atoms with Crippen LogP contribution in [0.5, 0.6) is 0 Å². The van der Waals surface area contributed by atoms with Crippen molar-refractivity contribution in [3.05, 3.63) is 48.7 Å². The molecule has 0 aliphatic carbocycles. The first-order valence-corrected chi connectivity index (χ1v) is 6.59. The molecule has 0 aliphatic heterocycles. The van der Waals surface area contributed by atoms with Crippen LogP contribution in [-0.4, -0.2) is 40.1 Å². The van der Waals surface area contributed by atoms with E-state index in [1.807, 2.05) is 42.4 Å². The number of rotatable bonds is 6. The Balaban J connectivity index is 2.37. The van der Waals surface area contributed by atoms with Crippen LogP contribution in [0.25, 0.3) is 10.9 Å². The van der Waals surface area contributed by atoms with Gasteiger partial charge in [-0.1, -0.05) is 24.3 Å². The maximum atomic E-state index is 11.7. The molecule has 0 fully saturated rings. The predicted molar refractivity (Wildman–Crippen MR) is 80.9 cm³/mol. The van der Waals surface area contributed by atoms with E-state index in [0.717, 1.165) is 16.5 Å². The van der Waals surface area contributed by atoms with Crippen LogP contribution in [0.4, 0.5) is 0 Å². The number of nitrogens with one attached hydrogen (secondary N) is 1. The lowest BCUT2D eigenvalue weighted by atomic mass is 9.91. The Hall–Kier alpha value is -2.07. The van der Waals surface area contributed by atoms with Crippen molar-refractivity contribution in [1.29, 1.82) is 0 Å². The van der Waals surface area contributed by atoms with Gasteiger partial charge in [0, 0.05) is 30.1 Å². The van der Waals surface area contributed by atoms with Crippen LogP contribution in [0, 0.1) is 0 Å². The minimum absolute atomic E-state index is 0.441. The molecule has 4 nitrogen and oxygen atoms in total. The fraction of sp³-hybridized carbons (Fsp3) is 0.312. The molecule has 4 heteroatoms. The third-order valence-electron chi connectivity index (χ3n) is 3.92. The molecular formula is C16H20N2O2. The molecule has 1 heterocycles. The van der Waals surface area contributed by atoms with Crippen molar-refractivity contribution in [3.63, 3.8) is 0 Å². The summed E-state index contributed by atoms with van der Waals surface area (Å²) in [6.07, 6.45) is 4.06. The van der Waals surface area contributed by atoms with Gasteiger partial charge >= 0.3 is 5.97 Å². The maximum absolute atomic E-state index is 11.7. The molecule has 1 atom stereocenters. The summed E-state index contributed by atoms with van der Waals surface area (Å²) in [6.45, 7) is 5.96. The van der Waals surface area contributed by atoms with Crippen LogP contribution in [-0.2, 0) is 11.2 Å². The van der Waals surface area contributed by atoms with Gasteiger partial charge in [-0.2, -0.15) is 0 Å². The van der Waals surface area contributed by atoms with Crippen LogP contribution in [0.15, 0.2) is 43.1 Å². The standard InChI is InChI=1S/C16H20N2O2/c1-4-9-18(3)16(2,15(19)20)10-12-11-17-14-8-6-5-7-13(12)14/h4-8,11,17H,1,9-10H2,2-3H3,(H,19,20). The van der Waals surface area contributed by atoms with E-state index in [2.05, 4.69) is 11.6 Å². The van der Waals surface area contributed by atoms with Gasteiger partial charge in [0.05, 0.1) is 0 Å². The first kappa shape index (κ1) is 14.3. The number of carbonyl (C=O) groups is 1. The van der Waals surface area contributed by atoms with Crippen LogP contribution in [0.3, 0.4) is 0 Å². The van der Waals surface area contributed by atoms with Crippen LogP contribution >= 0.6 is 0 Å². The predicted octanol–water partition coefficient (Wildman–Crippen LogP) is 2.67. The summed E-state index contributed by atoms with van der Waals surface area (Å²) in [4.78, 5) is 16.7. The Labute approximate surface area is 118 Å². The van der Waals surface area contributed by atoms with E-state index in [9.17, 15) is 9.90 Å². The molecule has 2 rings (SSSR count). The smallest absolute Gasteiger partial charge is 0.324 e. The van der Waals surface area contributed by atoms with Gasteiger partial charge in [0.2, 0.25) is 0 Å². The van der Waals surface area contributed by atoms with Crippen LogP contribution in [0.2, 0.25) is 0 Å². The van der Waals surface area contributed by atoms with Crippen LogP contribution < -0.4 is 0 Å². The molecule has 1 unspecified atom stereocenters. The number of aromatic amines is 1. The van der Waals surface area contributed by atoms with Crippen molar-refractivity contribution in [3.8, 4) is 0 Å². The zero-order valence-corrected chi connectivity index (χ0v) is 11.9. The van der Waals surface area contributed by atoms with E-state index < -0.39 is 11.5 Å². The van der Waals surface area contributed by atoms with Crippen molar-refractivity contribution in [2.24, 2.45) is 0 Å². The largest absolute Gasteiger partial charge is 0.480 e. The van der Waals surface area contributed by atoms with Crippen LogP contribution in [0.1, 0.15) is 12.5 Å². The van der Waals surface area contributed by atoms with E-state index in [4.69, 9.17) is 0 Å².